The van der Waals surface area contributed by atoms with Crippen LogP contribution in [0.5, 0.6) is 0 Å². The Hall–Kier alpha value is -1.96. The average molecular weight is 281 g/mol. The van der Waals surface area contributed by atoms with E-state index in [2.05, 4.69) is 26.8 Å². The summed E-state index contributed by atoms with van der Waals surface area (Å²) in [5.41, 5.74) is 0.393. The number of nitrogens with one attached hydrogen (secondary N) is 2. The molecule has 102 valence electrons. The fourth-order valence-corrected chi connectivity index (χ4v) is 2.18. The summed E-state index contributed by atoms with van der Waals surface area (Å²) < 4.78 is 5.30. The monoisotopic (exact) mass is 281 g/mol. The van der Waals surface area contributed by atoms with E-state index in [0.717, 1.165) is 18.0 Å². The van der Waals surface area contributed by atoms with Crippen LogP contribution in [-0.4, -0.2) is 25.7 Å². The minimum absolute atomic E-state index is 0.291. The van der Waals surface area contributed by atoms with E-state index in [-0.39, 0.29) is 5.56 Å². The van der Waals surface area contributed by atoms with Gasteiger partial charge in [0.25, 0.3) is 5.56 Å². The van der Waals surface area contributed by atoms with Crippen molar-refractivity contribution >= 4 is 16.5 Å². The van der Waals surface area contributed by atoms with Crippen molar-refractivity contribution in [3.8, 4) is 0 Å². The smallest absolute Gasteiger partial charge is 0.328 e. The normalized spacial score (nSPS) is 10.6. The second kappa shape index (κ2) is 5.79. The standard InChI is InChI=1S/C11H15N5O2S/c1-3-4-12-10-8(14-15-19-10)6-16-5-7(2)9(17)13-11(16)18/h5,12H,3-4,6H2,1-2H3,(H,13,17,18). The lowest BCUT2D eigenvalue weighted by molar-refractivity contribution is 0.697. The molecule has 0 fully saturated rings. The largest absolute Gasteiger partial charge is 0.374 e. The van der Waals surface area contributed by atoms with Crippen molar-refractivity contribution in [1.29, 1.82) is 0 Å². The minimum Gasteiger partial charge on any atom is -0.374 e. The lowest BCUT2D eigenvalue weighted by atomic mass is 10.3. The Bertz CT molecular complexity index is 672. The predicted molar refractivity (Wildman–Crippen MR) is 73.9 cm³/mol. The van der Waals surface area contributed by atoms with E-state index < -0.39 is 5.69 Å². The molecule has 0 radical (unpaired) electrons. The highest BCUT2D eigenvalue weighted by Crippen LogP contribution is 2.17. The summed E-state index contributed by atoms with van der Waals surface area (Å²) in [5, 5.41) is 8.09. The van der Waals surface area contributed by atoms with Crippen molar-refractivity contribution in [3.05, 3.63) is 38.3 Å². The molecule has 2 aromatic heterocycles. The van der Waals surface area contributed by atoms with E-state index in [4.69, 9.17) is 0 Å². The molecule has 0 unspecified atom stereocenters. The lowest BCUT2D eigenvalue weighted by Gasteiger charge is -2.06. The predicted octanol–water partition coefficient (Wildman–Crippen LogP) is 0.567. The van der Waals surface area contributed by atoms with Gasteiger partial charge in [-0.2, -0.15) is 0 Å². The van der Waals surface area contributed by atoms with Crippen LogP contribution in [0.3, 0.4) is 0 Å². The molecule has 0 amide bonds. The first-order valence-corrected chi connectivity index (χ1v) is 6.74. The number of hydrogen-bond acceptors (Lipinski definition) is 6. The van der Waals surface area contributed by atoms with Crippen LogP contribution < -0.4 is 16.6 Å². The molecule has 2 N–H and O–H groups in total. The summed E-state index contributed by atoms with van der Waals surface area (Å²) in [7, 11) is 0. The van der Waals surface area contributed by atoms with Gasteiger partial charge in [0, 0.05) is 29.8 Å². The number of H-pyrrole nitrogens is 1. The van der Waals surface area contributed by atoms with E-state index in [1.165, 1.54) is 22.3 Å². The Kier molecular flexibility index (Phi) is 4.10. The van der Waals surface area contributed by atoms with E-state index in [1.807, 2.05) is 0 Å². The molecule has 0 aliphatic rings. The number of aromatic amines is 1. The minimum atomic E-state index is -0.440. The molecule has 0 saturated heterocycles. The van der Waals surface area contributed by atoms with Gasteiger partial charge in [0.1, 0.15) is 10.7 Å². The molecule has 0 aromatic carbocycles. The Morgan fingerprint density at radius 3 is 3.00 bits per heavy atom. The molecule has 0 atom stereocenters. The molecule has 7 nitrogen and oxygen atoms in total. The topological polar surface area (TPSA) is 92.7 Å². The molecule has 2 heterocycles. The van der Waals surface area contributed by atoms with Crippen molar-refractivity contribution in [1.82, 2.24) is 19.1 Å². The van der Waals surface area contributed by atoms with Crippen LogP contribution in [0.1, 0.15) is 24.6 Å². The Morgan fingerprint density at radius 2 is 2.26 bits per heavy atom. The molecule has 0 bridgehead atoms. The summed E-state index contributed by atoms with van der Waals surface area (Å²) >= 11 is 1.26. The van der Waals surface area contributed by atoms with Gasteiger partial charge in [-0.15, -0.1) is 5.10 Å². The van der Waals surface area contributed by atoms with Gasteiger partial charge in [-0.3, -0.25) is 14.3 Å². The second-order valence-electron chi connectivity index (χ2n) is 4.17. The fourth-order valence-electron chi connectivity index (χ4n) is 1.58. The summed E-state index contributed by atoms with van der Waals surface area (Å²) in [6.07, 6.45) is 2.53. The van der Waals surface area contributed by atoms with Crippen molar-refractivity contribution in [3.63, 3.8) is 0 Å². The summed E-state index contributed by atoms with van der Waals surface area (Å²) in [5.74, 6) is 0. The first-order chi connectivity index (χ1) is 9.11. The highest BCUT2D eigenvalue weighted by Gasteiger charge is 2.09. The van der Waals surface area contributed by atoms with Gasteiger partial charge in [-0.05, 0) is 13.3 Å². The first-order valence-electron chi connectivity index (χ1n) is 5.97. The maximum Gasteiger partial charge on any atom is 0.328 e. The molecule has 0 spiro atoms. The van der Waals surface area contributed by atoms with Crippen LogP contribution in [0, 0.1) is 6.92 Å². The quantitative estimate of drug-likeness (QED) is 0.835. The van der Waals surface area contributed by atoms with E-state index in [9.17, 15) is 9.59 Å². The molecule has 2 aromatic rings. The maximum atomic E-state index is 11.7. The van der Waals surface area contributed by atoms with Gasteiger partial charge >= 0.3 is 5.69 Å². The summed E-state index contributed by atoms with van der Waals surface area (Å²) in [6.45, 7) is 4.84. The zero-order valence-electron chi connectivity index (χ0n) is 10.8. The van der Waals surface area contributed by atoms with Gasteiger partial charge in [-0.1, -0.05) is 11.4 Å². The number of aromatic nitrogens is 4. The van der Waals surface area contributed by atoms with Crippen molar-refractivity contribution in [2.24, 2.45) is 0 Å². The van der Waals surface area contributed by atoms with Crippen molar-refractivity contribution < 1.29 is 0 Å². The van der Waals surface area contributed by atoms with Crippen molar-refractivity contribution in [2.45, 2.75) is 26.8 Å². The third kappa shape index (κ3) is 3.08. The molecule has 0 saturated carbocycles. The highest BCUT2D eigenvalue weighted by molar-refractivity contribution is 7.10. The third-order valence-electron chi connectivity index (χ3n) is 2.60. The average Bonchev–Trinajstić information content (AvgIpc) is 2.81. The first kappa shape index (κ1) is 13.5. The molecule has 8 heteroatoms. The SMILES string of the molecule is CCCNc1snnc1Cn1cc(C)c(=O)[nH]c1=O. The zero-order valence-corrected chi connectivity index (χ0v) is 11.6. The number of nitrogens with zero attached hydrogens (tertiary/aromatic N) is 3. The van der Waals surface area contributed by atoms with Crippen LogP contribution in [0.2, 0.25) is 0 Å². The Labute approximate surface area is 113 Å². The van der Waals surface area contributed by atoms with Gasteiger partial charge in [-0.25, -0.2) is 4.79 Å². The van der Waals surface area contributed by atoms with Crippen LogP contribution in [0.25, 0.3) is 0 Å². The van der Waals surface area contributed by atoms with Crippen molar-refractivity contribution in [2.75, 3.05) is 11.9 Å². The molecular formula is C11H15N5O2S. The summed E-state index contributed by atoms with van der Waals surface area (Å²) in [6, 6.07) is 0. The zero-order chi connectivity index (χ0) is 13.8. The highest BCUT2D eigenvalue weighted by atomic mass is 32.1. The molecule has 19 heavy (non-hydrogen) atoms. The Morgan fingerprint density at radius 1 is 1.47 bits per heavy atom. The molecule has 0 aliphatic heterocycles. The van der Waals surface area contributed by atoms with Gasteiger partial charge in [0.15, 0.2) is 0 Å². The van der Waals surface area contributed by atoms with E-state index in [0.29, 0.717) is 17.8 Å². The van der Waals surface area contributed by atoms with Crippen LogP contribution in [-0.2, 0) is 6.54 Å². The van der Waals surface area contributed by atoms with Crippen LogP contribution in [0.15, 0.2) is 15.8 Å². The van der Waals surface area contributed by atoms with Gasteiger partial charge in [0.2, 0.25) is 0 Å². The lowest BCUT2D eigenvalue weighted by Crippen LogP contribution is -2.31. The van der Waals surface area contributed by atoms with Gasteiger partial charge < -0.3 is 5.32 Å². The molecular weight excluding hydrogens is 266 g/mol. The van der Waals surface area contributed by atoms with E-state index >= 15 is 0 Å². The molecule has 0 aliphatic carbocycles. The van der Waals surface area contributed by atoms with Crippen LogP contribution >= 0.6 is 11.5 Å². The number of anilines is 1. The van der Waals surface area contributed by atoms with E-state index in [1.54, 1.807) is 6.92 Å². The maximum absolute atomic E-state index is 11.7. The Balaban J connectivity index is 2.27. The van der Waals surface area contributed by atoms with Crippen LogP contribution in [0.4, 0.5) is 5.00 Å². The third-order valence-corrected chi connectivity index (χ3v) is 3.33. The second-order valence-corrected chi connectivity index (χ2v) is 4.93. The fraction of sp³-hybridized carbons (Fsp3) is 0.455. The molecule has 2 rings (SSSR count). The number of rotatable bonds is 5. The van der Waals surface area contributed by atoms with Gasteiger partial charge in [0.05, 0.1) is 6.54 Å². The number of hydrogen-bond donors (Lipinski definition) is 2. The number of aryl methyl sites for hydroxylation is 1. The summed E-state index contributed by atoms with van der Waals surface area (Å²) in [4.78, 5) is 25.3.